The Morgan fingerprint density at radius 2 is 1.75 bits per heavy atom. The van der Waals surface area contributed by atoms with E-state index in [-0.39, 0.29) is 28.7 Å². The zero-order valence-electron chi connectivity index (χ0n) is 18.1. The van der Waals surface area contributed by atoms with Gasteiger partial charge in [0.05, 0.1) is 6.10 Å². The van der Waals surface area contributed by atoms with Gasteiger partial charge in [-0.15, -0.1) is 0 Å². The standard InChI is InChI=1S/C24H36O4/c1-14-12-18-19(22(4)9-6-17(27)13-21(14)22)7-10-23(5)20(18)8-11-24(23,15(2)25)28-16(3)26/h13-14,17-20,27H,6-12H2,1-5H3/t14-,17-,18+,19-,20-,22+,23-,24-/m0/s1. The lowest BCUT2D eigenvalue weighted by atomic mass is 9.44. The zero-order valence-corrected chi connectivity index (χ0v) is 18.1. The summed E-state index contributed by atoms with van der Waals surface area (Å²) in [4.78, 5) is 24.7. The number of fused-ring (bicyclic) bond motifs is 5. The molecule has 0 aromatic carbocycles. The first-order valence-corrected chi connectivity index (χ1v) is 11.2. The number of hydrogen-bond donors (Lipinski definition) is 1. The molecule has 3 fully saturated rings. The average Bonchev–Trinajstić information content (AvgIpc) is 2.90. The summed E-state index contributed by atoms with van der Waals surface area (Å²) in [5.74, 6) is 1.72. The van der Waals surface area contributed by atoms with E-state index in [9.17, 15) is 14.7 Å². The van der Waals surface area contributed by atoms with Gasteiger partial charge in [-0.05, 0) is 81.0 Å². The van der Waals surface area contributed by atoms with Gasteiger partial charge in [0.25, 0.3) is 0 Å². The Morgan fingerprint density at radius 3 is 2.39 bits per heavy atom. The molecule has 4 nitrogen and oxygen atoms in total. The molecule has 0 aliphatic heterocycles. The largest absolute Gasteiger partial charge is 0.451 e. The monoisotopic (exact) mass is 388 g/mol. The molecule has 0 spiro atoms. The van der Waals surface area contributed by atoms with Crippen molar-refractivity contribution in [3.63, 3.8) is 0 Å². The van der Waals surface area contributed by atoms with E-state index in [0.29, 0.717) is 30.1 Å². The van der Waals surface area contributed by atoms with Crippen molar-refractivity contribution in [1.29, 1.82) is 0 Å². The molecule has 4 aliphatic carbocycles. The van der Waals surface area contributed by atoms with Gasteiger partial charge in [0.15, 0.2) is 11.4 Å². The topological polar surface area (TPSA) is 63.6 Å². The van der Waals surface area contributed by atoms with E-state index in [1.54, 1.807) is 6.92 Å². The molecule has 28 heavy (non-hydrogen) atoms. The summed E-state index contributed by atoms with van der Waals surface area (Å²) in [5.41, 5.74) is 0.410. The molecule has 8 atom stereocenters. The number of aliphatic hydroxyl groups excluding tert-OH is 1. The Kier molecular flexibility index (Phi) is 4.61. The van der Waals surface area contributed by atoms with Crippen molar-refractivity contribution in [1.82, 2.24) is 0 Å². The SMILES string of the molecule is CC(=O)O[C@]1(C(C)=O)CC[C@H]2[C@@H]3C[C@H](C)C4=C[C@@H](O)CC[C@]4(C)[C@H]3CC[C@@]21C. The summed E-state index contributed by atoms with van der Waals surface area (Å²) in [6.45, 7) is 9.98. The van der Waals surface area contributed by atoms with Crippen molar-refractivity contribution in [3.05, 3.63) is 11.6 Å². The average molecular weight is 389 g/mol. The third-order valence-corrected chi connectivity index (χ3v) is 9.41. The highest BCUT2D eigenvalue weighted by molar-refractivity contribution is 5.89. The van der Waals surface area contributed by atoms with Crippen LogP contribution in [0, 0.1) is 34.5 Å². The Labute approximate surface area is 169 Å². The number of allylic oxidation sites excluding steroid dienone is 1. The van der Waals surface area contributed by atoms with E-state index >= 15 is 0 Å². The van der Waals surface area contributed by atoms with Crippen LogP contribution in [0.3, 0.4) is 0 Å². The molecule has 0 aromatic rings. The Morgan fingerprint density at radius 1 is 1.07 bits per heavy atom. The van der Waals surface area contributed by atoms with Crippen LogP contribution in [0.25, 0.3) is 0 Å². The predicted octanol–water partition coefficient (Wildman–Crippen LogP) is 4.45. The van der Waals surface area contributed by atoms with Crippen molar-refractivity contribution < 1.29 is 19.4 Å². The second-order valence-corrected chi connectivity index (χ2v) is 10.6. The number of rotatable bonds is 2. The number of hydrogen-bond acceptors (Lipinski definition) is 4. The van der Waals surface area contributed by atoms with Crippen LogP contribution < -0.4 is 0 Å². The smallest absolute Gasteiger partial charge is 0.303 e. The fourth-order valence-corrected chi connectivity index (χ4v) is 8.20. The quantitative estimate of drug-likeness (QED) is 0.561. The highest BCUT2D eigenvalue weighted by Crippen LogP contribution is 2.69. The maximum absolute atomic E-state index is 12.8. The van der Waals surface area contributed by atoms with Crippen LogP contribution in [0.5, 0.6) is 0 Å². The molecule has 0 unspecified atom stereocenters. The van der Waals surface area contributed by atoms with E-state index in [1.165, 1.54) is 12.5 Å². The fraction of sp³-hybridized carbons (Fsp3) is 0.833. The van der Waals surface area contributed by atoms with Crippen molar-refractivity contribution in [2.45, 2.75) is 91.3 Å². The number of ketones is 1. The summed E-state index contributed by atoms with van der Waals surface area (Å²) in [6, 6.07) is 0. The van der Waals surface area contributed by atoms with Crippen molar-refractivity contribution in [2.75, 3.05) is 0 Å². The third kappa shape index (κ3) is 2.52. The number of ether oxygens (including phenoxy) is 1. The van der Waals surface area contributed by atoms with Crippen LogP contribution in [0.15, 0.2) is 11.6 Å². The van der Waals surface area contributed by atoms with Gasteiger partial charge in [-0.3, -0.25) is 9.59 Å². The fourth-order valence-electron chi connectivity index (χ4n) is 8.20. The van der Waals surface area contributed by atoms with E-state index in [4.69, 9.17) is 4.74 Å². The highest BCUT2D eigenvalue weighted by Gasteiger charge is 2.68. The second kappa shape index (κ2) is 6.42. The summed E-state index contributed by atoms with van der Waals surface area (Å²) in [5, 5.41) is 10.2. The van der Waals surface area contributed by atoms with Gasteiger partial charge >= 0.3 is 5.97 Å². The first-order valence-electron chi connectivity index (χ1n) is 11.2. The van der Waals surface area contributed by atoms with Crippen molar-refractivity contribution >= 4 is 11.8 Å². The minimum atomic E-state index is -0.947. The number of esters is 1. The van der Waals surface area contributed by atoms with Gasteiger partial charge in [0.1, 0.15) is 0 Å². The summed E-state index contributed by atoms with van der Waals surface area (Å²) in [6.07, 6.45) is 8.51. The lowest BCUT2D eigenvalue weighted by molar-refractivity contribution is -0.187. The minimum Gasteiger partial charge on any atom is -0.451 e. The van der Waals surface area contributed by atoms with Crippen LogP contribution in [0.1, 0.15) is 79.6 Å². The lowest BCUT2D eigenvalue weighted by Gasteiger charge is -2.60. The zero-order chi connectivity index (χ0) is 20.5. The maximum Gasteiger partial charge on any atom is 0.303 e. The Bertz CT molecular complexity index is 726. The number of carbonyl (C=O) groups is 2. The molecule has 4 aliphatic rings. The first-order chi connectivity index (χ1) is 13.0. The molecular weight excluding hydrogens is 352 g/mol. The highest BCUT2D eigenvalue weighted by atomic mass is 16.6. The third-order valence-electron chi connectivity index (χ3n) is 9.41. The van der Waals surface area contributed by atoms with E-state index in [1.807, 2.05) is 0 Å². The maximum atomic E-state index is 12.8. The summed E-state index contributed by atoms with van der Waals surface area (Å²) in [7, 11) is 0. The molecule has 156 valence electrons. The van der Waals surface area contributed by atoms with Crippen molar-refractivity contribution in [2.24, 2.45) is 34.5 Å². The van der Waals surface area contributed by atoms with Gasteiger partial charge in [0.2, 0.25) is 0 Å². The summed E-state index contributed by atoms with van der Waals surface area (Å²) < 4.78 is 5.85. The molecule has 0 saturated heterocycles. The molecule has 3 saturated carbocycles. The van der Waals surface area contributed by atoms with Gasteiger partial charge in [-0.1, -0.05) is 32.4 Å². The molecular formula is C24H36O4. The number of Topliss-reactive ketones (excluding diaryl/α,β-unsaturated/α-hetero) is 1. The summed E-state index contributed by atoms with van der Waals surface area (Å²) >= 11 is 0. The molecule has 0 aromatic heterocycles. The molecule has 4 heteroatoms. The van der Waals surface area contributed by atoms with Crippen LogP contribution in [-0.4, -0.2) is 28.6 Å². The molecule has 0 bridgehead atoms. The van der Waals surface area contributed by atoms with E-state index < -0.39 is 5.60 Å². The second-order valence-electron chi connectivity index (χ2n) is 10.6. The van der Waals surface area contributed by atoms with E-state index in [2.05, 4.69) is 26.8 Å². The normalized spacial score (nSPS) is 50.1. The Hall–Kier alpha value is -1.16. The van der Waals surface area contributed by atoms with E-state index in [0.717, 1.165) is 38.5 Å². The molecule has 0 radical (unpaired) electrons. The molecule has 4 rings (SSSR count). The lowest BCUT2D eigenvalue weighted by Crippen LogP contribution is -2.59. The van der Waals surface area contributed by atoms with Crippen LogP contribution in [0.2, 0.25) is 0 Å². The van der Waals surface area contributed by atoms with Gasteiger partial charge < -0.3 is 9.84 Å². The van der Waals surface area contributed by atoms with Crippen LogP contribution >= 0.6 is 0 Å². The minimum absolute atomic E-state index is 0.0163. The molecule has 0 amide bonds. The molecule has 0 heterocycles. The van der Waals surface area contributed by atoms with Gasteiger partial charge in [0, 0.05) is 12.3 Å². The molecule has 1 N–H and O–H groups in total. The Balaban J connectivity index is 1.73. The predicted molar refractivity (Wildman–Crippen MR) is 107 cm³/mol. The van der Waals surface area contributed by atoms with Crippen LogP contribution in [-0.2, 0) is 14.3 Å². The first kappa shape index (κ1) is 20.1. The number of carbonyl (C=O) groups excluding carboxylic acids is 2. The van der Waals surface area contributed by atoms with Crippen molar-refractivity contribution in [3.8, 4) is 0 Å². The van der Waals surface area contributed by atoms with Gasteiger partial charge in [-0.2, -0.15) is 0 Å². The van der Waals surface area contributed by atoms with Crippen LogP contribution in [0.4, 0.5) is 0 Å². The number of aliphatic hydroxyl groups is 1. The van der Waals surface area contributed by atoms with Gasteiger partial charge in [-0.25, -0.2) is 0 Å².